The van der Waals surface area contributed by atoms with E-state index >= 15 is 0 Å². The van der Waals surface area contributed by atoms with E-state index in [-0.39, 0.29) is 0 Å². The van der Waals surface area contributed by atoms with Crippen molar-refractivity contribution in [2.45, 2.75) is 47.5 Å². The summed E-state index contributed by atoms with van der Waals surface area (Å²) in [5.74, 6) is 0.866. The summed E-state index contributed by atoms with van der Waals surface area (Å²) in [6.07, 6.45) is 2.70. The lowest BCUT2D eigenvalue weighted by Gasteiger charge is -2.13. The van der Waals surface area contributed by atoms with E-state index in [1.165, 1.54) is 39.0 Å². The second kappa shape index (κ2) is 13.0. The molecule has 0 amide bonds. The Morgan fingerprint density at radius 3 is 1.50 bits per heavy atom. The number of hydrogen-bond acceptors (Lipinski definition) is 2. The monoisotopic (exact) mass is 230 g/mol. The van der Waals surface area contributed by atoms with Crippen molar-refractivity contribution in [3.05, 3.63) is 0 Å². The second-order valence-corrected chi connectivity index (χ2v) is 4.96. The van der Waals surface area contributed by atoms with Gasteiger partial charge in [0.2, 0.25) is 0 Å². The zero-order valence-electron chi connectivity index (χ0n) is 12.7. The molecule has 0 fully saturated rings. The summed E-state index contributed by atoms with van der Waals surface area (Å²) in [4.78, 5) is 4.61. The number of rotatable bonds is 7. The third-order valence-corrected chi connectivity index (χ3v) is 2.73. The molecule has 0 saturated carbocycles. The molecule has 0 radical (unpaired) electrons. The smallest absolute Gasteiger partial charge is 0.00247 e. The van der Waals surface area contributed by atoms with E-state index in [4.69, 9.17) is 0 Å². The van der Waals surface area contributed by atoms with Crippen LogP contribution in [0.3, 0.4) is 0 Å². The number of nitrogens with zero attached hydrogens (tertiary/aromatic N) is 2. The summed E-state index contributed by atoms with van der Waals surface area (Å²) in [5.41, 5.74) is 0. The lowest BCUT2D eigenvalue weighted by atomic mass is 10.1. The van der Waals surface area contributed by atoms with E-state index in [0.29, 0.717) is 0 Å². The first kappa shape index (κ1) is 18.3. The van der Waals surface area contributed by atoms with Gasteiger partial charge in [-0.3, -0.25) is 0 Å². The Labute approximate surface area is 104 Å². The van der Waals surface area contributed by atoms with Crippen LogP contribution in [0.15, 0.2) is 0 Å². The first-order chi connectivity index (χ1) is 7.47. The molecule has 2 nitrogen and oxygen atoms in total. The first-order valence-corrected chi connectivity index (χ1v) is 6.84. The van der Waals surface area contributed by atoms with E-state index in [2.05, 4.69) is 58.5 Å². The van der Waals surface area contributed by atoms with Gasteiger partial charge in [-0.25, -0.2) is 0 Å². The Balaban J connectivity index is 0. The van der Waals surface area contributed by atoms with Crippen LogP contribution in [0.25, 0.3) is 0 Å². The Kier molecular flexibility index (Phi) is 14.8. The summed E-state index contributed by atoms with van der Waals surface area (Å²) < 4.78 is 0. The van der Waals surface area contributed by atoms with Crippen LogP contribution in [-0.2, 0) is 0 Å². The minimum atomic E-state index is 0.866. The van der Waals surface area contributed by atoms with Crippen molar-refractivity contribution >= 4 is 0 Å². The summed E-state index contributed by atoms with van der Waals surface area (Å²) in [5, 5.41) is 0. The molecule has 2 heteroatoms. The van der Waals surface area contributed by atoms with Crippen molar-refractivity contribution in [3.63, 3.8) is 0 Å². The van der Waals surface area contributed by atoms with Crippen LogP contribution >= 0.6 is 0 Å². The maximum Gasteiger partial charge on any atom is -0.00247 e. The molecular weight excluding hydrogens is 196 g/mol. The highest BCUT2D eigenvalue weighted by molar-refractivity contribution is 4.48. The average molecular weight is 230 g/mol. The van der Waals surface area contributed by atoms with Gasteiger partial charge >= 0.3 is 0 Å². The maximum atomic E-state index is 2.38. The van der Waals surface area contributed by atoms with Crippen LogP contribution in [0.1, 0.15) is 47.5 Å². The predicted octanol–water partition coefficient (Wildman–Crippen LogP) is 3.33. The third kappa shape index (κ3) is 16.4. The quantitative estimate of drug-likeness (QED) is 0.662. The summed E-state index contributed by atoms with van der Waals surface area (Å²) in [7, 11) is 4.25. The summed E-state index contributed by atoms with van der Waals surface area (Å²) >= 11 is 0. The molecule has 100 valence electrons. The van der Waals surface area contributed by atoms with Gasteiger partial charge in [0.15, 0.2) is 0 Å². The molecule has 0 aliphatic heterocycles. The molecule has 0 aromatic heterocycles. The van der Waals surface area contributed by atoms with Crippen molar-refractivity contribution in [3.8, 4) is 0 Å². The van der Waals surface area contributed by atoms with Gasteiger partial charge in [0, 0.05) is 0 Å². The zero-order valence-corrected chi connectivity index (χ0v) is 12.7. The highest BCUT2D eigenvalue weighted by Crippen LogP contribution is 2.02. The van der Waals surface area contributed by atoms with Gasteiger partial charge in [-0.15, -0.1) is 0 Å². The van der Waals surface area contributed by atoms with E-state index in [0.717, 1.165) is 5.92 Å². The van der Waals surface area contributed by atoms with Crippen molar-refractivity contribution in [1.29, 1.82) is 0 Å². The SMILES string of the molecule is CC(C)CCCN(C)C.CCN(CC)CC. The van der Waals surface area contributed by atoms with Crippen LogP contribution in [0.2, 0.25) is 0 Å². The van der Waals surface area contributed by atoms with Gasteiger partial charge in [-0.05, 0) is 59.0 Å². The Hall–Kier alpha value is -0.0800. The van der Waals surface area contributed by atoms with Gasteiger partial charge in [0.1, 0.15) is 0 Å². The second-order valence-electron chi connectivity index (χ2n) is 4.96. The molecule has 0 aliphatic rings. The van der Waals surface area contributed by atoms with Crippen LogP contribution in [0.4, 0.5) is 0 Å². The van der Waals surface area contributed by atoms with E-state index < -0.39 is 0 Å². The molecule has 0 N–H and O–H groups in total. The molecule has 0 aromatic carbocycles. The van der Waals surface area contributed by atoms with Crippen LogP contribution < -0.4 is 0 Å². The largest absolute Gasteiger partial charge is 0.309 e. The van der Waals surface area contributed by atoms with E-state index in [9.17, 15) is 0 Å². The predicted molar refractivity (Wildman–Crippen MR) is 76.1 cm³/mol. The fourth-order valence-corrected chi connectivity index (χ4v) is 1.49. The van der Waals surface area contributed by atoms with E-state index in [1.807, 2.05) is 0 Å². The highest BCUT2D eigenvalue weighted by Gasteiger charge is 1.93. The van der Waals surface area contributed by atoms with Gasteiger partial charge in [-0.1, -0.05) is 34.6 Å². The first-order valence-electron chi connectivity index (χ1n) is 6.84. The van der Waals surface area contributed by atoms with Gasteiger partial charge in [0.25, 0.3) is 0 Å². The molecule has 0 aromatic rings. The standard InChI is InChI=1S/C8H19N.C6H15N/c1-8(2)6-5-7-9(3)4;1-4-7(5-2)6-3/h8H,5-7H2,1-4H3;4-6H2,1-3H3. The topological polar surface area (TPSA) is 6.48 Å². The zero-order chi connectivity index (χ0) is 13.0. The molecule has 0 bridgehead atoms. The molecule has 0 heterocycles. The Bertz CT molecular complexity index is 104. The fourth-order valence-electron chi connectivity index (χ4n) is 1.49. The number of hydrogen-bond donors (Lipinski definition) is 0. The lowest BCUT2D eigenvalue weighted by Crippen LogP contribution is -2.21. The summed E-state index contributed by atoms with van der Waals surface area (Å²) in [6, 6.07) is 0. The maximum absolute atomic E-state index is 2.38. The van der Waals surface area contributed by atoms with Gasteiger partial charge in [-0.2, -0.15) is 0 Å². The molecule has 0 atom stereocenters. The molecule has 16 heavy (non-hydrogen) atoms. The van der Waals surface area contributed by atoms with Crippen LogP contribution in [0, 0.1) is 5.92 Å². The Morgan fingerprint density at radius 2 is 1.31 bits per heavy atom. The van der Waals surface area contributed by atoms with Crippen molar-refractivity contribution in [2.75, 3.05) is 40.3 Å². The lowest BCUT2D eigenvalue weighted by molar-refractivity contribution is 0.321. The average Bonchev–Trinajstić information content (AvgIpc) is 2.20. The van der Waals surface area contributed by atoms with Gasteiger partial charge < -0.3 is 9.80 Å². The summed E-state index contributed by atoms with van der Waals surface area (Å²) in [6.45, 7) is 15.9. The molecular formula is C14H34N2. The van der Waals surface area contributed by atoms with Crippen molar-refractivity contribution in [1.82, 2.24) is 9.80 Å². The van der Waals surface area contributed by atoms with Crippen molar-refractivity contribution in [2.24, 2.45) is 5.92 Å². The molecule has 0 spiro atoms. The third-order valence-electron chi connectivity index (χ3n) is 2.73. The molecule has 0 aliphatic carbocycles. The normalized spacial score (nSPS) is 10.9. The minimum absolute atomic E-state index is 0.866. The fraction of sp³-hybridized carbons (Fsp3) is 1.00. The molecule has 0 rings (SSSR count). The minimum Gasteiger partial charge on any atom is -0.309 e. The van der Waals surface area contributed by atoms with E-state index in [1.54, 1.807) is 0 Å². The van der Waals surface area contributed by atoms with Crippen molar-refractivity contribution < 1.29 is 0 Å². The van der Waals surface area contributed by atoms with Gasteiger partial charge in [0.05, 0.1) is 0 Å². The molecule has 0 saturated heterocycles. The van der Waals surface area contributed by atoms with Crippen LogP contribution in [0.5, 0.6) is 0 Å². The Morgan fingerprint density at radius 1 is 0.875 bits per heavy atom. The molecule has 0 unspecified atom stereocenters. The highest BCUT2D eigenvalue weighted by atomic mass is 15.1. The van der Waals surface area contributed by atoms with Crippen LogP contribution in [-0.4, -0.2) is 50.1 Å².